The predicted octanol–water partition coefficient (Wildman–Crippen LogP) is 3.58. The number of hydrogen-bond acceptors (Lipinski definition) is 3. The third-order valence-corrected chi connectivity index (χ3v) is 3.40. The fourth-order valence-corrected chi connectivity index (χ4v) is 2.23. The number of hydrogen-bond donors (Lipinski definition) is 1. The largest absolute Gasteiger partial charge is 0.496 e. The van der Waals surface area contributed by atoms with Gasteiger partial charge in [-0.05, 0) is 49.2 Å². The summed E-state index contributed by atoms with van der Waals surface area (Å²) in [6.07, 6.45) is 0. The molecular formula is C17H19NO2. The number of anilines is 1. The number of carbonyl (C=O) groups excluding carboxylic acids is 1. The molecule has 0 aliphatic rings. The van der Waals surface area contributed by atoms with Crippen LogP contribution in [0.1, 0.15) is 27.0 Å². The van der Waals surface area contributed by atoms with Crippen LogP contribution in [-0.4, -0.2) is 19.9 Å². The molecule has 1 N–H and O–H groups in total. The lowest BCUT2D eigenvalue weighted by atomic mass is 9.96. The van der Waals surface area contributed by atoms with Gasteiger partial charge in [0.25, 0.3) is 0 Å². The van der Waals surface area contributed by atoms with Crippen molar-refractivity contribution in [1.29, 1.82) is 0 Å². The second-order valence-corrected chi connectivity index (χ2v) is 4.80. The molecule has 2 rings (SSSR count). The topological polar surface area (TPSA) is 38.3 Å². The van der Waals surface area contributed by atoms with E-state index in [2.05, 4.69) is 5.32 Å². The zero-order valence-electron chi connectivity index (χ0n) is 12.3. The maximum atomic E-state index is 12.6. The summed E-state index contributed by atoms with van der Waals surface area (Å²) >= 11 is 0. The van der Waals surface area contributed by atoms with Gasteiger partial charge in [0.15, 0.2) is 5.78 Å². The van der Waals surface area contributed by atoms with Crippen LogP contribution < -0.4 is 10.1 Å². The first-order valence-corrected chi connectivity index (χ1v) is 6.54. The number of carbonyl (C=O) groups is 1. The summed E-state index contributed by atoms with van der Waals surface area (Å²) in [5, 5.41) is 3.05. The van der Waals surface area contributed by atoms with E-state index >= 15 is 0 Å². The summed E-state index contributed by atoms with van der Waals surface area (Å²) in [5.41, 5.74) is 4.22. The van der Waals surface area contributed by atoms with Crippen LogP contribution in [0.5, 0.6) is 5.75 Å². The van der Waals surface area contributed by atoms with Crippen LogP contribution in [0.25, 0.3) is 0 Å². The van der Waals surface area contributed by atoms with Crippen molar-refractivity contribution < 1.29 is 9.53 Å². The van der Waals surface area contributed by atoms with Gasteiger partial charge in [0.2, 0.25) is 0 Å². The van der Waals surface area contributed by atoms with Gasteiger partial charge in [-0.1, -0.05) is 12.1 Å². The maximum Gasteiger partial charge on any atom is 0.193 e. The Balaban J connectivity index is 2.45. The molecule has 2 aromatic carbocycles. The van der Waals surface area contributed by atoms with E-state index in [9.17, 15) is 4.79 Å². The van der Waals surface area contributed by atoms with E-state index in [4.69, 9.17) is 4.74 Å². The van der Waals surface area contributed by atoms with E-state index in [-0.39, 0.29) is 5.78 Å². The third kappa shape index (κ3) is 2.67. The first-order chi connectivity index (χ1) is 9.56. The van der Waals surface area contributed by atoms with Gasteiger partial charge in [-0.2, -0.15) is 0 Å². The molecule has 0 fully saturated rings. The molecule has 0 heterocycles. The molecule has 0 bridgehead atoms. The van der Waals surface area contributed by atoms with E-state index in [1.165, 1.54) is 0 Å². The molecule has 0 saturated heterocycles. The highest BCUT2D eigenvalue weighted by atomic mass is 16.5. The lowest BCUT2D eigenvalue weighted by Crippen LogP contribution is -2.05. The Morgan fingerprint density at radius 2 is 1.85 bits per heavy atom. The first kappa shape index (κ1) is 14.1. The second kappa shape index (κ2) is 5.78. The van der Waals surface area contributed by atoms with Gasteiger partial charge >= 0.3 is 0 Å². The summed E-state index contributed by atoms with van der Waals surface area (Å²) in [7, 11) is 3.48. The molecule has 3 heteroatoms. The molecule has 0 aliphatic carbocycles. The third-order valence-electron chi connectivity index (χ3n) is 3.40. The fraction of sp³-hybridized carbons (Fsp3) is 0.235. The first-order valence-electron chi connectivity index (χ1n) is 6.54. The highest BCUT2D eigenvalue weighted by molar-refractivity contribution is 6.10. The normalized spacial score (nSPS) is 10.2. The van der Waals surface area contributed by atoms with E-state index in [0.717, 1.165) is 28.1 Å². The molecule has 0 amide bonds. The van der Waals surface area contributed by atoms with Crippen molar-refractivity contribution in [3.63, 3.8) is 0 Å². The highest BCUT2D eigenvalue weighted by Gasteiger charge is 2.14. The molecule has 0 aliphatic heterocycles. The van der Waals surface area contributed by atoms with Gasteiger partial charge in [0.05, 0.1) is 7.11 Å². The van der Waals surface area contributed by atoms with Crippen molar-refractivity contribution in [3.8, 4) is 5.75 Å². The Morgan fingerprint density at radius 3 is 2.50 bits per heavy atom. The highest BCUT2D eigenvalue weighted by Crippen LogP contribution is 2.25. The Hall–Kier alpha value is -2.29. The Morgan fingerprint density at radius 1 is 1.10 bits per heavy atom. The van der Waals surface area contributed by atoms with Crippen LogP contribution in [0.4, 0.5) is 5.69 Å². The van der Waals surface area contributed by atoms with Crippen molar-refractivity contribution >= 4 is 11.5 Å². The Labute approximate surface area is 119 Å². The quantitative estimate of drug-likeness (QED) is 0.862. The van der Waals surface area contributed by atoms with Crippen molar-refractivity contribution in [2.24, 2.45) is 0 Å². The van der Waals surface area contributed by atoms with E-state index in [0.29, 0.717) is 5.56 Å². The molecular weight excluding hydrogens is 250 g/mol. The zero-order chi connectivity index (χ0) is 14.7. The molecule has 0 spiro atoms. The summed E-state index contributed by atoms with van der Waals surface area (Å²) < 4.78 is 5.28. The summed E-state index contributed by atoms with van der Waals surface area (Å²) in [5.74, 6) is 0.841. The summed E-state index contributed by atoms with van der Waals surface area (Å²) in [6.45, 7) is 3.87. The predicted molar refractivity (Wildman–Crippen MR) is 81.9 cm³/mol. The minimum absolute atomic E-state index is 0.0327. The van der Waals surface area contributed by atoms with Crippen LogP contribution in [0, 0.1) is 13.8 Å². The molecule has 0 saturated carbocycles. The van der Waals surface area contributed by atoms with E-state index in [1.54, 1.807) is 7.11 Å². The van der Waals surface area contributed by atoms with Gasteiger partial charge in [0.1, 0.15) is 5.75 Å². The molecule has 3 nitrogen and oxygen atoms in total. The second-order valence-electron chi connectivity index (χ2n) is 4.80. The van der Waals surface area contributed by atoms with Crippen LogP contribution in [0.15, 0.2) is 36.4 Å². The molecule has 20 heavy (non-hydrogen) atoms. The Kier molecular flexibility index (Phi) is 4.08. The fourth-order valence-electron chi connectivity index (χ4n) is 2.23. The molecule has 0 radical (unpaired) electrons. The number of ketones is 1. The summed E-state index contributed by atoms with van der Waals surface area (Å²) in [4.78, 5) is 12.6. The van der Waals surface area contributed by atoms with Crippen molar-refractivity contribution in [1.82, 2.24) is 0 Å². The van der Waals surface area contributed by atoms with Gasteiger partial charge in [-0.3, -0.25) is 4.79 Å². The maximum absolute atomic E-state index is 12.6. The van der Waals surface area contributed by atoms with Crippen molar-refractivity contribution in [3.05, 3.63) is 58.7 Å². The van der Waals surface area contributed by atoms with Gasteiger partial charge < -0.3 is 10.1 Å². The van der Waals surface area contributed by atoms with Gasteiger partial charge in [-0.15, -0.1) is 0 Å². The number of ether oxygens (including phenoxy) is 1. The lowest BCUT2D eigenvalue weighted by Gasteiger charge is -2.11. The molecule has 0 aromatic heterocycles. The molecule has 0 atom stereocenters. The standard InChI is InChI=1S/C17H19NO2/c1-11-9-16(20-4)12(2)8-15(11)17(19)13-6-5-7-14(10-13)18-3/h5-10,18H,1-4H3. The van der Waals surface area contributed by atoms with Crippen molar-refractivity contribution in [2.75, 3.05) is 19.5 Å². The number of methoxy groups -OCH3 is 1. The Bertz CT molecular complexity index is 647. The summed E-state index contributed by atoms with van der Waals surface area (Å²) in [6, 6.07) is 11.3. The average Bonchev–Trinajstić information content (AvgIpc) is 2.48. The number of benzene rings is 2. The van der Waals surface area contributed by atoms with Crippen LogP contribution in [0.3, 0.4) is 0 Å². The molecule has 2 aromatic rings. The average molecular weight is 269 g/mol. The van der Waals surface area contributed by atoms with Crippen LogP contribution in [0.2, 0.25) is 0 Å². The van der Waals surface area contributed by atoms with Crippen LogP contribution in [-0.2, 0) is 0 Å². The zero-order valence-corrected chi connectivity index (χ0v) is 12.3. The number of rotatable bonds is 4. The monoisotopic (exact) mass is 269 g/mol. The van der Waals surface area contributed by atoms with Gasteiger partial charge in [0, 0.05) is 23.9 Å². The van der Waals surface area contributed by atoms with Crippen molar-refractivity contribution in [2.45, 2.75) is 13.8 Å². The van der Waals surface area contributed by atoms with E-state index < -0.39 is 0 Å². The molecule has 0 unspecified atom stereocenters. The minimum Gasteiger partial charge on any atom is -0.496 e. The lowest BCUT2D eigenvalue weighted by molar-refractivity contribution is 0.103. The van der Waals surface area contributed by atoms with E-state index in [1.807, 2.05) is 57.3 Å². The number of aryl methyl sites for hydroxylation is 2. The smallest absolute Gasteiger partial charge is 0.193 e. The van der Waals surface area contributed by atoms with Gasteiger partial charge in [-0.25, -0.2) is 0 Å². The number of nitrogens with one attached hydrogen (secondary N) is 1. The SMILES string of the molecule is CNc1cccc(C(=O)c2cc(C)c(OC)cc2C)c1. The minimum atomic E-state index is 0.0327. The van der Waals surface area contributed by atoms with Crippen LogP contribution >= 0.6 is 0 Å². The molecule has 104 valence electrons.